The van der Waals surface area contributed by atoms with Gasteiger partial charge < -0.3 is 13.6 Å². The molecule has 0 saturated carbocycles. The second-order valence-corrected chi connectivity index (χ2v) is 13.1. The summed E-state index contributed by atoms with van der Waals surface area (Å²) in [6, 6.07) is 56.3. The molecule has 1 aliphatic carbocycles. The molecule has 0 fully saturated rings. The molecular weight excluding hydrogens is 621 g/mol. The summed E-state index contributed by atoms with van der Waals surface area (Å²) in [6.45, 7) is 0. The Hall–Kier alpha value is -7.02. The Bertz CT molecular complexity index is 3140. The Morgan fingerprint density at radius 1 is 0.451 bits per heavy atom. The van der Waals surface area contributed by atoms with E-state index in [1.165, 1.54) is 38.4 Å². The van der Waals surface area contributed by atoms with Crippen molar-refractivity contribution in [1.29, 1.82) is 0 Å². The molecule has 0 amide bonds. The van der Waals surface area contributed by atoms with Crippen LogP contribution in [0, 0.1) is 0 Å². The van der Waals surface area contributed by atoms with Gasteiger partial charge in [0.2, 0.25) is 0 Å². The van der Waals surface area contributed by atoms with Gasteiger partial charge in [-0.3, -0.25) is 0 Å². The average molecular weight is 649 g/mol. The number of benzene rings is 7. The van der Waals surface area contributed by atoms with Crippen LogP contribution >= 0.6 is 0 Å². The quantitative estimate of drug-likeness (QED) is 0.174. The Kier molecular flexibility index (Phi) is 5.87. The summed E-state index contributed by atoms with van der Waals surface area (Å²) in [7, 11) is 0. The zero-order valence-electron chi connectivity index (χ0n) is 27.5. The Morgan fingerprint density at radius 3 is 2.02 bits per heavy atom. The molecule has 0 bridgehead atoms. The first-order chi connectivity index (χ1) is 25.3. The lowest BCUT2D eigenvalue weighted by atomic mass is 9.88. The van der Waals surface area contributed by atoms with Crippen molar-refractivity contribution in [3.63, 3.8) is 0 Å². The van der Waals surface area contributed by atoms with E-state index >= 15 is 0 Å². The number of hydrogen-bond acceptors (Lipinski definition) is 1. The molecule has 3 aromatic heterocycles. The van der Waals surface area contributed by atoms with Crippen molar-refractivity contribution in [1.82, 2.24) is 9.13 Å². The molecule has 51 heavy (non-hydrogen) atoms. The van der Waals surface area contributed by atoms with Crippen molar-refractivity contribution in [3.8, 4) is 33.6 Å². The summed E-state index contributed by atoms with van der Waals surface area (Å²) in [5.41, 5.74) is 20.9. The summed E-state index contributed by atoms with van der Waals surface area (Å²) in [5, 5.41) is 5.83. The van der Waals surface area contributed by atoms with Crippen molar-refractivity contribution in [2.45, 2.75) is 0 Å². The molecule has 11 rings (SSSR count). The van der Waals surface area contributed by atoms with Gasteiger partial charge >= 0.3 is 0 Å². The van der Waals surface area contributed by atoms with Crippen molar-refractivity contribution in [2.75, 3.05) is 0 Å². The van der Waals surface area contributed by atoms with Crippen LogP contribution in [0.1, 0.15) is 11.3 Å². The third-order valence-corrected chi connectivity index (χ3v) is 10.4. The first-order valence-corrected chi connectivity index (χ1v) is 17.3. The minimum absolute atomic E-state index is 0.884. The van der Waals surface area contributed by atoms with E-state index in [0.29, 0.717) is 0 Å². The zero-order valence-corrected chi connectivity index (χ0v) is 27.5. The highest BCUT2D eigenvalue weighted by atomic mass is 16.3. The molecule has 0 unspecified atom stereocenters. The molecule has 0 aliphatic heterocycles. The van der Waals surface area contributed by atoms with Gasteiger partial charge in [-0.1, -0.05) is 127 Å². The van der Waals surface area contributed by atoms with Gasteiger partial charge in [0.15, 0.2) is 5.58 Å². The van der Waals surface area contributed by atoms with Crippen LogP contribution in [0.3, 0.4) is 0 Å². The molecule has 3 nitrogen and oxygen atoms in total. The van der Waals surface area contributed by atoms with Gasteiger partial charge in [0.05, 0.1) is 27.9 Å². The Morgan fingerprint density at radius 2 is 1.14 bits per heavy atom. The van der Waals surface area contributed by atoms with Crippen LogP contribution in [0.5, 0.6) is 0 Å². The molecule has 3 heterocycles. The molecule has 10 aromatic rings. The molecule has 1 aliphatic rings. The number of hydrogen-bond donors (Lipinski definition) is 0. The first-order valence-electron chi connectivity index (χ1n) is 17.3. The van der Waals surface area contributed by atoms with Crippen LogP contribution in [-0.4, -0.2) is 9.13 Å². The average Bonchev–Trinajstić information content (AvgIpc) is 3.86. The fraction of sp³-hybridized carbons (Fsp3) is 0. The summed E-state index contributed by atoms with van der Waals surface area (Å²) < 4.78 is 11.4. The molecule has 236 valence electrons. The second-order valence-electron chi connectivity index (χ2n) is 13.1. The molecule has 7 aromatic carbocycles. The van der Waals surface area contributed by atoms with Crippen molar-refractivity contribution in [2.24, 2.45) is 0 Å². The maximum Gasteiger partial charge on any atom is 0.159 e. The molecule has 3 heteroatoms. The maximum absolute atomic E-state index is 6.63. The summed E-state index contributed by atoms with van der Waals surface area (Å²) in [6.07, 6.45) is 4.15. The third-order valence-electron chi connectivity index (χ3n) is 10.4. The summed E-state index contributed by atoms with van der Waals surface area (Å²) in [4.78, 5) is 0. The van der Waals surface area contributed by atoms with Crippen LogP contribution in [0.15, 0.2) is 174 Å². The number of furan rings is 1. The Balaban J connectivity index is 1.32. The molecule has 0 atom stereocenters. The van der Waals surface area contributed by atoms with Gasteiger partial charge in [0.25, 0.3) is 0 Å². The number of fused-ring (bicyclic) bond motifs is 9. The molecular formula is C48H28N2O. The van der Waals surface area contributed by atoms with Crippen LogP contribution in [0.4, 0.5) is 0 Å². The van der Waals surface area contributed by atoms with E-state index < -0.39 is 0 Å². The van der Waals surface area contributed by atoms with E-state index in [2.05, 4.69) is 184 Å². The van der Waals surface area contributed by atoms with Gasteiger partial charge in [-0.05, 0) is 65.2 Å². The van der Waals surface area contributed by atoms with Gasteiger partial charge in [0, 0.05) is 49.8 Å². The van der Waals surface area contributed by atoms with Gasteiger partial charge in [-0.15, -0.1) is 0 Å². The highest BCUT2D eigenvalue weighted by Crippen LogP contribution is 2.48. The molecule has 0 spiro atoms. The fourth-order valence-corrected chi connectivity index (χ4v) is 8.33. The first kappa shape index (κ1) is 27.9. The highest BCUT2D eigenvalue weighted by molar-refractivity contribution is 6.22. The standard InChI is InChI=1S/C48H28N2O/c1-3-15-31(16-4-1)33-29-30-42-47(37-21-8-11-25-40(37)50(42)43-27-13-22-35-34-19-9-12-28-44(34)51-48(35)43)46(33)38-23-14-26-41-45(38)36-20-7-10-24-39(36)49(41)32-17-5-2-6-18-32/h1-6,8-9,11-30H. The normalized spacial score (nSPS) is 12.2. The Labute approximate surface area is 293 Å². The van der Waals surface area contributed by atoms with Crippen LogP contribution < -0.4 is 0 Å². The molecule has 0 radical (unpaired) electrons. The van der Waals surface area contributed by atoms with E-state index in [9.17, 15) is 0 Å². The molecule has 0 N–H and O–H groups in total. The maximum atomic E-state index is 6.63. The lowest BCUT2D eigenvalue weighted by molar-refractivity contribution is 0.666. The SMILES string of the molecule is C1=C=Cc2c(c3c(-c4c(-c5ccccc5)ccc5c4c4ccccc4n5-c4cccc5c4oc4ccccc45)cccc3n2-c2ccccc2)C=1. The number of nitrogens with zero attached hydrogens (tertiary/aromatic N) is 2. The molecule has 0 saturated heterocycles. The number of rotatable bonds is 4. The van der Waals surface area contributed by atoms with Gasteiger partial charge in [0.1, 0.15) is 5.58 Å². The van der Waals surface area contributed by atoms with Crippen molar-refractivity contribution < 1.29 is 4.42 Å². The summed E-state index contributed by atoms with van der Waals surface area (Å²) in [5.74, 6) is 0. The fourth-order valence-electron chi connectivity index (χ4n) is 8.33. The number of aromatic nitrogens is 2. The van der Waals surface area contributed by atoms with E-state index in [-0.39, 0.29) is 0 Å². The van der Waals surface area contributed by atoms with E-state index in [1.54, 1.807) is 0 Å². The van der Waals surface area contributed by atoms with E-state index in [1.807, 2.05) is 6.07 Å². The topological polar surface area (TPSA) is 23.0 Å². The predicted molar refractivity (Wildman–Crippen MR) is 212 cm³/mol. The lowest BCUT2D eigenvalue weighted by Gasteiger charge is -2.16. The van der Waals surface area contributed by atoms with Crippen LogP contribution in [-0.2, 0) is 0 Å². The highest BCUT2D eigenvalue weighted by Gasteiger charge is 2.26. The minimum atomic E-state index is 0.884. The minimum Gasteiger partial charge on any atom is -0.454 e. The van der Waals surface area contributed by atoms with E-state index in [4.69, 9.17) is 4.42 Å². The lowest BCUT2D eigenvalue weighted by Crippen LogP contribution is -1.96. The summed E-state index contributed by atoms with van der Waals surface area (Å²) >= 11 is 0. The smallest absolute Gasteiger partial charge is 0.159 e. The van der Waals surface area contributed by atoms with E-state index in [0.717, 1.165) is 61.1 Å². The largest absolute Gasteiger partial charge is 0.454 e. The zero-order chi connectivity index (χ0) is 33.5. The van der Waals surface area contributed by atoms with Crippen molar-refractivity contribution in [3.05, 3.63) is 180 Å². The third kappa shape index (κ3) is 3.96. The van der Waals surface area contributed by atoms with Gasteiger partial charge in [-0.2, -0.15) is 0 Å². The predicted octanol–water partition coefficient (Wildman–Crippen LogP) is 12.8. The van der Waals surface area contributed by atoms with Crippen molar-refractivity contribution >= 4 is 66.8 Å². The van der Waals surface area contributed by atoms with Gasteiger partial charge in [-0.25, -0.2) is 0 Å². The monoisotopic (exact) mass is 648 g/mol. The van der Waals surface area contributed by atoms with Crippen LogP contribution in [0.2, 0.25) is 0 Å². The van der Waals surface area contributed by atoms with Crippen LogP contribution in [0.25, 0.3) is 100 Å². The second kappa shape index (κ2) is 10.7. The number of para-hydroxylation sites is 4.